The van der Waals surface area contributed by atoms with Crippen LogP contribution in [-0.2, 0) is 4.79 Å². The van der Waals surface area contributed by atoms with Gasteiger partial charge in [0.1, 0.15) is 5.75 Å². The molecule has 3 aromatic rings. The molecule has 1 atom stereocenters. The fourth-order valence-electron chi connectivity index (χ4n) is 5.18. The molecule has 2 aromatic carbocycles. The Morgan fingerprint density at radius 1 is 0.861 bits per heavy atom. The largest absolute Gasteiger partial charge is 0.436 e. The summed E-state index contributed by atoms with van der Waals surface area (Å²) in [5, 5.41) is 0. The van der Waals surface area contributed by atoms with Crippen LogP contribution in [0.2, 0.25) is 0 Å². The Balaban J connectivity index is 1.23. The van der Waals surface area contributed by atoms with Crippen molar-refractivity contribution in [2.24, 2.45) is 5.92 Å². The maximum absolute atomic E-state index is 13.5. The number of aromatic nitrogens is 2. The van der Waals surface area contributed by atoms with Crippen molar-refractivity contribution in [3.63, 3.8) is 0 Å². The lowest BCUT2D eigenvalue weighted by atomic mass is 9.96. The first-order valence-electron chi connectivity index (χ1n) is 12.9. The molecule has 36 heavy (non-hydrogen) atoms. The van der Waals surface area contributed by atoms with Gasteiger partial charge in [-0.25, -0.2) is 9.97 Å². The molecule has 7 heteroatoms. The maximum atomic E-state index is 13.5. The minimum absolute atomic E-state index is 0.0414. The van der Waals surface area contributed by atoms with E-state index in [0.717, 1.165) is 51.3 Å². The highest BCUT2D eigenvalue weighted by atomic mass is 16.5. The molecule has 0 bridgehead atoms. The van der Waals surface area contributed by atoms with E-state index in [1.807, 2.05) is 31.2 Å². The molecule has 2 aliphatic rings. The number of aryl methyl sites for hydroxylation is 3. The molecule has 2 fully saturated rings. The first-order valence-corrected chi connectivity index (χ1v) is 12.9. The Morgan fingerprint density at radius 3 is 2.36 bits per heavy atom. The second-order valence-electron chi connectivity index (χ2n) is 9.99. The molecule has 2 aliphatic heterocycles. The SMILES string of the molecule is Cc1ccc(Oc2nccnc2N2CCC[C@@H](C(=O)N3CCN(c4cc(C)ccc4C)CC3)C2)cc1. The molecular weight excluding hydrogens is 450 g/mol. The van der Waals surface area contributed by atoms with Crippen molar-refractivity contribution in [2.45, 2.75) is 33.6 Å². The molecule has 0 saturated carbocycles. The molecule has 0 N–H and O–H groups in total. The summed E-state index contributed by atoms with van der Waals surface area (Å²) < 4.78 is 6.09. The van der Waals surface area contributed by atoms with Crippen molar-refractivity contribution in [3.8, 4) is 11.6 Å². The van der Waals surface area contributed by atoms with Crippen LogP contribution in [0.15, 0.2) is 54.9 Å². The number of benzene rings is 2. The van der Waals surface area contributed by atoms with Crippen LogP contribution in [0.3, 0.4) is 0 Å². The molecule has 0 spiro atoms. The highest BCUT2D eigenvalue weighted by molar-refractivity contribution is 5.80. The van der Waals surface area contributed by atoms with Gasteiger partial charge in [-0.3, -0.25) is 4.79 Å². The third-order valence-electron chi connectivity index (χ3n) is 7.25. The lowest BCUT2D eigenvalue weighted by Crippen LogP contribution is -2.52. The second kappa shape index (κ2) is 10.6. The first-order chi connectivity index (χ1) is 17.5. The quantitative estimate of drug-likeness (QED) is 0.519. The predicted octanol–water partition coefficient (Wildman–Crippen LogP) is 4.76. The number of hydrogen-bond acceptors (Lipinski definition) is 6. The van der Waals surface area contributed by atoms with E-state index in [1.165, 1.54) is 22.4 Å². The van der Waals surface area contributed by atoms with Gasteiger partial charge in [0, 0.05) is 57.3 Å². The van der Waals surface area contributed by atoms with Crippen molar-refractivity contribution in [3.05, 3.63) is 71.5 Å². The lowest BCUT2D eigenvalue weighted by Gasteiger charge is -2.40. The fraction of sp³-hybridized carbons (Fsp3) is 0.414. The number of carbonyl (C=O) groups excluding carboxylic acids is 1. The monoisotopic (exact) mass is 485 g/mol. The molecule has 0 unspecified atom stereocenters. The number of amides is 1. The van der Waals surface area contributed by atoms with Crippen molar-refractivity contribution in [1.29, 1.82) is 0 Å². The highest BCUT2D eigenvalue weighted by Crippen LogP contribution is 2.32. The summed E-state index contributed by atoms with van der Waals surface area (Å²) in [6.07, 6.45) is 5.19. The standard InChI is InChI=1S/C29H35N5O2/c1-21-7-10-25(11-8-21)36-28-27(30-12-13-31-28)34-14-4-5-24(20-34)29(35)33-17-15-32(16-18-33)26-19-22(2)6-9-23(26)3/h6-13,19,24H,4-5,14-18,20H2,1-3H3/t24-/m1/s1. The fourth-order valence-corrected chi connectivity index (χ4v) is 5.18. The molecule has 0 aliphatic carbocycles. The summed E-state index contributed by atoms with van der Waals surface area (Å²) in [5.74, 6) is 2.13. The predicted molar refractivity (Wildman–Crippen MR) is 143 cm³/mol. The van der Waals surface area contributed by atoms with E-state index in [4.69, 9.17) is 4.74 Å². The Morgan fingerprint density at radius 2 is 1.58 bits per heavy atom. The topological polar surface area (TPSA) is 61.8 Å². The van der Waals surface area contributed by atoms with Crippen LogP contribution in [0.4, 0.5) is 11.5 Å². The summed E-state index contributed by atoms with van der Waals surface area (Å²) in [6, 6.07) is 14.5. The van der Waals surface area contributed by atoms with Gasteiger partial charge in [-0.05, 0) is 62.9 Å². The van der Waals surface area contributed by atoms with Crippen LogP contribution < -0.4 is 14.5 Å². The summed E-state index contributed by atoms with van der Waals surface area (Å²) in [7, 11) is 0. The van der Waals surface area contributed by atoms with E-state index >= 15 is 0 Å². The van der Waals surface area contributed by atoms with E-state index in [0.29, 0.717) is 18.2 Å². The zero-order valence-corrected chi connectivity index (χ0v) is 21.5. The number of rotatable bonds is 5. The van der Waals surface area contributed by atoms with Crippen LogP contribution in [0.1, 0.15) is 29.5 Å². The normalized spacial score (nSPS) is 18.3. The van der Waals surface area contributed by atoms with Gasteiger partial charge in [0.15, 0.2) is 5.82 Å². The lowest BCUT2D eigenvalue weighted by molar-refractivity contribution is -0.136. The van der Waals surface area contributed by atoms with Crippen LogP contribution in [0.25, 0.3) is 0 Å². The average molecular weight is 486 g/mol. The molecule has 188 valence electrons. The van der Waals surface area contributed by atoms with E-state index in [9.17, 15) is 4.79 Å². The van der Waals surface area contributed by atoms with Gasteiger partial charge in [-0.1, -0.05) is 29.8 Å². The minimum Gasteiger partial charge on any atom is -0.436 e. The van der Waals surface area contributed by atoms with Gasteiger partial charge < -0.3 is 19.4 Å². The number of nitrogens with zero attached hydrogens (tertiary/aromatic N) is 5. The van der Waals surface area contributed by atoms with Gasteiger partial charge in [-0.2, -0.15) is 0 Å². The van der Waals surface area contributed by atoms with Crippen molar-refractivity contribution in [2.75, 3.05) is 49.1 Å². The number of carbonyl (C=O) groups is 1. The van der Waals surface area contributed by atoms with Gasteiger partial charge in [0.25, 0.3) is 5.88 Å². The number of hydrogen-bond donors (Lipinski definition) is 0. The summed E-state index contributed by atoms with van der Waals surface area (Å²) >= 11 is 0. The smallest absolute Gasteiger partial charge is 0.263 e. The maximum Gasteiger partial charge on any atom is 0.263 e. The zero-order chi connectivity index (χ0) is 25.1. The Bertz CT molecular complexity index is 1200. The van der Waals surface area contributed by atoms with E-state index in [1.54, 1.807) is 12.4 Å². The van der Waals surface area contributed by atoms with E-state index in [-0.39, 0.29) is 11.8 Å². The number of piperazine rings is 1. The molecule has 2 saturated heterocycles. The summed E-state index contributed by atoms with van der Waals surface area (Å²) in [4.78, 5) is 29.2. The molecule has 0 radical (unpaired) electrons. The number of anilines is 2. The van der Waals surface area contributed by atoms with E-state index in [2.05, 4.69) is 56.7 Å². The van der Waals surface area contributed by atoms with Crippen molar-refractivity contribution >= 4 is 17.4 Å². The minimum atomic E-state index is -0.0414. The summed E-state index contributed by atoms with van der Waals surface area (Å²) in [6.45, 7) is 11.1. The zero-order valence-electron chi connectivity index (χ0n) is 21.5. The summed E-state index contributed by atoms with van der Waals surface area (Å²) in [5.41, 5.74) is 5.02. The van der Waals surface area contributed by atoms with Gasteiger partial charge in [-0.15, -0.1) is 0 Å². The highest BCUT2D eigenvalue weighted by Gasteiger charge is 2.33. The molecule has 1 amide bonds. The first kappa shape index (κ1) is 24.1. The molecule has 7 nitrogen and oxygen atoms in total. The van der Waals surface area contributed by atoms with Crippen molar-refractivity contribution < 1.29 is 9.53 Å². The molecule has 3 heterocycles. The van der Waals surface area contributed by atoms with Gasteiger partial charge >= 0.3 is 0 Å². The van der Waals surface area contributed by atoms with E-state index < -0.39 is 0 Å². The van der Waals surface area contributed by atoms with Crippen molar-refractivity contribution in [1.82, 2.24) is 14.9 Å². The molecular formula is C29H35N5O2. The third-order valence-corrected chi connectivity index (χ3v) is 7.25. The number of piperidine rings is 1. The Labute approximate surface area is 213 Å². The molecule has 5 rings (SSSR count). The van der Waals surface area contributed by atoms with Gasteiger partial charge in [0.05, 0.1) is 5.92 Å². The Kier molecular flexibility index (Phi) is 7.07. The van der Waals surface area contributed by atoms with Crippen LogP contribution >= 0.6 is 0 Å². The molecule has 1 aromatic heterocycles. The van der Waals surface area contributed by atoms with Crippen LogP contribution in [0, 0.1) is 26.7 Å². The van der Waals surface area contributed by atoms with Crippen LogP contribution in [0.5, 0.6) is 11.6 Å². The number of ether oxygens (including phenoxy) is 1. The Hall–Kier alpha value is -3.61. The van der Waals surface area contributed by atoms with Crippen LogP contribution in [-0.4, -0.2) is 60.0 Å². The second-order valence-corrected chi connectivity index (χ2v) is 9.99. The average Bonchev–Trinajstić information content (AvgIpc) is 2.91. The third kappa shape index (κ3) is 5.30. The van der Waals surface area contributed by atoms with Gasteiger partial charge in [0.2, 0.25) is 5.91 Å².